The van der Waals surface area contributed by atoms with Gasteiger partial charge in [-0.3, -0.25) is 0 Å². The third-order valence-corrected chi connectivity index (χ3v) is 8.38. The van der Waals surface area contributed by atoms with Gasteiger partial charge in [0, 0.05) is 38.5 Å². The number of rotatable bonds is 16. The third kappa shape index (κ3) is 32.8. The predicted octanol–water partition coefficient (Wildman–Crippen LogP) is 5.59. The molecule has 0 aromatic rings. The Balaban J connectivity index is 0. The SMILES string of the molecule is C[Si](C)(C)OCCC(N)CCO[Si](C)(C)C.C[Si](C)(C)OCCC(N)CCO[Si](C)(C)C. The first-order valence-corrected chi connectivity index (χ1v) is 25.9. The summed E-state index contributed by atoms with van der Waals surface area (Å²) >= 11 is 0. The van der Waals surface area contributed by atoms with Crippen LogP contribution in [-0.4, -0.2) is 71.8 Å². The van der Waals surface area contributed by atoms with Gasteiger partial charge in [0.2, 0.25) is 0 Å². The van der Waals surface area contributed by atoms with Crippen molar-refractivity contribution in [1.82, 2.24) is 0 Å². The molecular formula is C22H58N2O4Si4. The second-order valence-corrected chi connectivity index (χ2v) is 30.6. The highest BCUT2D eigenvalue weighted by molar-refractivity contribution is 6.70. The van der Waals surface area contributed by atoms with Crippen molar-refractivity contribution in [2.75, 3.05) is 26.4 Å². The third-order valence-electron chi connectivity index (χ3n) is 4.09. The zero-order valence-corrected chi connectivity index (χ0v) is 27.6. The highest BCUT2D eigenvalue weighted by Gasteiger charge is 2.17. The van der Waals surface area contributed by atoms with E-state index in [0.29, 0.717) is 0 Å². The van der Waals surface area contributed by atoms with Gasteiger partial charge >= 0.3 is 0 Å². The van der Waals surface area contributed by atoms with Crippen molar-refractivity contribution in [1.29, 1.82) is 0 Å². The van der Waals surface area contributed by atoms with E-state index in [9.17, 15) is 0 Å². The van der Waals surface area contributed by atoms with Crippen LogP contribution in [0.5, 0.6) is 0 Å². The molecule has 4 N–H and O–H groups in total. The van der Waals surface area contributed by atoms with Crippen molar-refractivity contribution in [3.05, 3.63) is 0 Å². The number of nitrogens with two attached hydrogens (primary N) is 2. The first-order chi connectivity index (χ1) is 14.2. The molecule has 0 aromatic heterocycles. The van der Waals surface area contributed by atoms with Gasteiger partial charge < -0.3 is 29.2 Å². The molecule has 0 saturated heterocycles. The normalized spacial score (nSPS) is 13.5. The minimum atomic E-state index is -1.37. The molecule has 0 heterocycles. The van der Waals surface area contributed by atoms with Crippen LogP contribution in [0, 0.1) is 0 Å². The summed E-state index contributed by atoms with van der Waals surface area (Å²) in [7, 11) is -5.46. The first kappa shape index (κ1) is 34.8. The molecule has 196 valence electrons. The minimum absolute atomic E-state index is 0.215. The van der Waals surface area contributed by atoms with Gasteiger partial charge in [-0.15, -0.1) is 0 Å². The van der Waals surface area contributed by atoms with Crippen LogP contribution in [0.3, 0.4) is 0 Å². The van der Waals surface area contributed by atoms with Crippen LogP contribution in [-0.2, 0) is 17.7 Å². The lowest BCUT2D eigenvalue weighted by molar-refractivity contribution is 0.258. The van der Waals surface area contributed by atoms with Gasteiger partial charge in [0.1, 0.15) is 0 Å². The van der Waals surface area contributed by atoms with Crippen LogP contribution < -0.4 is 11.5 Å². The maximum absolute atomic E-state index is 6.00. The van der Waals surface area contributed by atoms with E-state index in [4.69, 9.17) is 29.2 Å². The van der Waals surface area contributed by atoms with Crippen molar-refractivity contribution in [2.45, 2.75) is 116 Å². The molecule has 0 rings (SSSR count). The Bertz CT molecular complexity index is 377. The average Bonchev–Trinajstić information content (AvgIpc) is 2.50. The summed E-state index contributed by atoms with van der Waals surface area (Å²) in [6.45, 7) is 29.6. The summed E-state index contributed by atoms with van der Waals surface area (Å²) in [4.78, 5) is 0. The quantitative estimate of drug-likeness (QED) is 0.255. The second-order valence-electron chi connectivity index (χ2n) is 12.5. The molecule has 0 saturated carbocycles. The Morgan fingerprint density at radius 2 is 0.562 bits per heavy atom. The Labute approximate surface area is 205 Å². The molecule has 0 fully saturated rings. The molecule has 0 bridgehead atoms. The molecule has 0 aliphatic rings. The predicted molar refractivity (Wildman–Crippen MR) is 152 cm³/mol. The lowest BCUT2D eigenvalue weighted by atomic mass is 10.2. The van der Waals surface area contributed by atoms with E-state index in [2.05, 4.69) is 78.6 Å². The maximum Gasteiger partial charge on any atom is 0.183 e. The molecular weight excluding hydrogens is 469 g/mol. The van der Waals surface area contributed by atoms with Gasteiger partial charge in [-0.2, -0.15) is 0 Å². The number of hydrogen-bond acceptors (Lipinski definition) is 6. The monoisotopic (exact) mass is 526 g/mol. The smallest absolute Gasteiger partial charge is 0.183 e. The van der Waals surface area contributed by atoms with E-state index in [1.165, 1.54) is 0 Å². The minimum Gasteiger partial charge on any atom is -0.418 e. The Morgan fingerprint density at radius 3 is 0.688 bits per heavy atom. The van der Waals surface area contributed by atoms with Gasteiger partial charge in [0.05, 0.1) is 0 Å². The fraction of sp³-hybridized carbons (Fsp3) is 1.00. The van der Waals surface area contributed by atoms with Crippen molar-refractivity contribution >= 4 is 33.3 Å². The Hall–Kier alpha value is 0.628. The van der Waals surface area contributed by atoms with Crippen LogP contribution in [0.4, 0.5) is 0 Å². The van der Waals surface area contributed by atoms with Crippen LogP contribution in [0.1, 0.15) is 25.7 Å². The van der Waals surface area contributed by atoms with Gasteiger partial charge in [0.25, 0.3) is 0 Å². The molecule has 0 unspecified atom stereocenters. The van der Waals surface area contributed by atoms with Gasteiger partial charge in [-0.25, -0.2) is 0 Å². The standard InChI is InChI=1S/2C11H29NO2Si2/c2*1-15(2,3)13-9-7-11(12)8-10-14-16(4,5)6/h2*11H,7-10,12H2,1-6H3. The van der Waals surface area contributed by atoms with Gasteiger partial charge in [-0.05, 0) is 104 Å². The van der Waals surface area contributed by atoms with E-state index >= 15 is 0 Å². The van der Waals surface area contributed by atoms with E-state index in [0.717, 1.165) is 52.1 Å². The van der Waals surface area contributed by atoms with Crippen LogP contribution in [0.25, 0.3) is 0 Å². The molecule has 0 aliphatic heterocycles. The van der Waals surface area contributed by atoms with Crippen molar-refractivity contribution in [3.8, 4) is 0 Å². The molecule has 6 nitrogen and oxygen atoms in total. The zero-order chi connectivity index (χ0) is 25.6. The maximum atomic E-state index is 6.00. The van der Waals surface area contributed by atoms with Crippen LogP contribution in [0.2, 0.25) is 78.6 Å². The zero-order valence-electron chi connectivity index (χ0n) is 23.6. The van der Waals surface area contributed by atoms with E-state index in [-0.39, 0.29) is 12.1 Å². The van der Waals surface area contributed by atoms with Gasteiger partial charge in [-0.1, -0.05) is 0 Å². The molecule has 0 aromatic carbocycles. The summed E-state index contributed by atoms with van der Waals surface area (Å²) in [5.74, 6) is 0. The topological polar surface area (TPSA) is 89.0 Å². The Kier molecular flexibility index (Phi) is 17.8. The summed E-state index contributed by atoms with van der Waals surface area (Å²) in [6.07, 6.45) is 3.78. The van der Waals surface area contributed by atoms with Crippen LogP contribution >= 0.6 is 0 Å². The lowest BCUT2D eigenvalue weighted by Crippen LogP contribution is -2.32. The second kappa shape index (κ2) is 16.3. The average molecular weight is 527 g/mol. The van der Waals surface area contributed by atoms with Crippen molar-refractivity contribution in [2.24, 2.45) is 11.5 Å². The highest BCUT2D eigenvalue weighted by Crippen LogP contribution is 2.08. The van der Waals surface area contributed by atoms with Crippen molar-refractivity contribution < 1.29 is 17.7 Å². The lowest BCUT2D eigenvalue weighted by Gasteiger charge is -2.21. The molecule has 0 spiro atoms. The fourth-order valence-electron chi connectivity index (χ4n) is 2.35. The summed E-state index contributed by atoms with van der Waals surface area (Å²) in [5, 5.41) is 0. The largest absolute Gasteiger partial charge is 0.418 e. The fourth-order valence-corrected chi connectivity index (χ4v) is 5.28. The highest BCUT2D eigenvalue weighted by atomic mass is 28.4. The van der Waals surface area contributed by atoms with Gasteiger partial charge in [0.15, 0.2) is 33.3 Å². The number of hydrogen-bond donors (Lipinski definition) is 2. The van der Waals surface area contributed by atoms with E-state index < -0.39 is 33.3 Å². The van der Waals surface area contributed by atoms with Crippen LogP contribution in [0.15, 0.2) is 0 Å². The molecule has 10 heteroatoms. The summed E-state index contributed by atoms with van der Waals surface area (Å²) < 4.78 is 23.1. The first-order valence-electron chi connectivity index (χ1n) is 12.3. The summed E-state index contributed by atoms with van der Waals surface area (Å²) in [5.41, 5.74) is 12.0. The molecule has 0 amide bonds. The molecule has 0 atom stereocenters. The summed E-state index contributed by atoms with van der Waals surface area (Å²) in [6, 6.07) is 0.431. The molecule has 32 heavy (non-hydrogen) atoms. The molecule has 0 aliphatic carbocycles. The van der Waals surface area contributed by atoms with E-state index in [1.807, 2.05) is 0 Å². The molecule has 0 radical (unpaired) electrons. The van der Waals surface area contributed by atoms with E-state index in [1.54, 1.807) is 0 Å². The Morgan fingerprint density at radius 1 is 0.406 bits per heavy atom. The van der Waals surface area contributed by atoms with Crippen molar-refractivity contribution in [3.63, 3.8) is 0 Å².